The van der Waals surface area contributed by atoms with Crippen molar-refractivity contribution in [2.75, 3.05) is 0 Å². The molecule has 3 heteroatoms. The summed E-state index contributed by atoms with van der Waals surface area (Å²) in [6.45, 7) is 2.20. The molecule has 1 aromatic heterocycles. The Balaban J connectivity index is 1.75. The second-order valence-corrected chi connectivity index (χ2v) is 7.62. The van der Waals surface area contributed by atoms with E-state index in [-0.39, 0.29) is 6.54 Å². The van der Waals surface area contributed by atoms with E-state index in [4.69, 9.17) is 5.11 Å². The molecular formula is C17H23NO2. The lowest BCUT2D eigenvalue weighted by molar-refractivity contribution is -0.137. The quantitative estimate of drug-likeness (QED) is 0.917. The highest BCUT2D eigenvalue weighted by Gasteiger charge is 2.52. The van der Waals surface area contributed by atoms with Crippen molar-refractivity contribution < 1.29 is 9.90 Å². The van der Waals surface area contributed by atoms with Crippen molar-refractivity contribution in [3.05, 3.63) is 23.5 Å². The standard InChI is InChI=1S/C17H23NO2/c1-11-2-15(18(9-11)10-16(19)20)17-6-12-3-13(7-17)5-14(4-12)8-17/h2,9,12-14H,3-8,10H2,1H3,(H,19,20). The zero-order valence-electron chi connectivity index (χ0n) is 12.1. The summed E-state index contributed by atoms with van der Waals surface area (Å²) in [5.74, 6) is 1.96. The van der Waals surface area contributed by atoms with E-state index in [1.165, 1.54) is 49.8 Å². The third kappa shape index (κ3) is 1.82. The van der Waals surface area contributed by atoms with E-state index < -0.39 is 5.97 Å². The van der Waals surface area contributed by atoms with Gasteiger partial charge in [0, 0.05) is 17.3 Å². The fraction of sp³-hybridized carbons (Fsp3) is 0.706. The number of nitrogens with zero attached hydrogens (tertiary/aromatic N) is 1. The van der Waals surface area contributed by atoms with Crippen LogP contribution < -0.4 is 0 Å². The number of carbonyl (C=O) groups is 1. The molecule has 4 fully saturated rings. The summed E-state index contributed by atoms with van der Waals surface area (Å²) in [5.41, 5.74) is 2.81. The third-order valence-electron chi connectivity index (χ3n) is 5.92. The normalized spacial score (nSPS) is 38.4. The minimum absolute atomic E-state index is 0.116. The van der Waals surface area contributed by atoms with Gasteiger partial charge in [0.05, 0.1) is 0 Å². The average molecular weight is 273 g/mol. The van der Waals surface area contributed by atoms with Crippen LogP contribution >= 0.6 is 0 Å². The Hall–Kier alpha value is -1.25. The highest BCUT2D eigenvalue weighted by Crippen LogP contribution is 2.60. The van der Waals surface area contributed by atoms with Crippen molar-refractivity contribution in [2.24, 2.45) is 17.8 Å². The summed E-state index contributed by atoms with van der Waals surface area (Å²) in [5, 5.41) is 9.16. The molecule has 0 aromatic carbocycles. The van der Waals surface area contributed by atoms with Gasteiger partial charge >= 0.3 is 5.97 Å². The Morgan fingerprint density at radius 1 is 1.25 bits per heavy atom. The van der Waals surface area contributed by atoms with Crippen LogP contribution in [0.15, 0.2) is 12.3 Å². The van der Waals surface area contributed by atoms with Crippen molar-refractivity contribution in [3.8, 4) is 0 Å². The van der Waals surface area contributed by atoms with Crippen LogP contribution in [0.5, 0.6) is 0 Å². The average Bonchev–Trinajstić information content (AvgIpc) is 2.68. The maximum atomic E-state index is 11.1. The summed E-state index contributed by atoms with van der Waals surface area (Å²) < 4.78 is 2.02. The molecule has 4 aliphatic rings. The molecule has 3 nitrogen and oxygen atoms in total. The molecule has 5 rings (SSSR count). The number of hydrogen-bond donors (Lipinski definition) is 1. The molecule has 4 saturated carbocycles. The lowest BCUT2D eigenvalue weighted by atomic mass is 9.49. The number of carboxylic acid groups (broad SMARTS) is 1. The Morgan fingerprint density at radius 3 is 2.30 bits per heavy atom. The number of aromatic nitrogens is 1. The first-order valence-corrected chi connectivity index (χ1v) is 7.93. The molecule has 1 aromatic rings. The van der Waals surface area contributed by atoms with Crippen LogP contribution in [0.1, 0.15) is 49.8 Å². The van der Waals surface area contributed by atoms with Crippen molar-refractivity contribution in [3.63, 3.8) is 0 Å². The van der Waals surface area contributed by atoms with Gasteiger partial charge in [-0.15, -0.1) is 0 Å². The van der Waals surface area contributed by atoms with Gasteiger partial charge in [0.25, 0.3) is 0 Å². The Bertz CT molecular complexity index is 522. The summed E-state index contributed by atoms with van der Waals surface area (Å²) in [7, 11) is 0. The molecule has 0 saturated heterocycles. The zero-order valence-corrected chi connectivity index (χ0v) is 12.1. The lowest BCUT2D eigenvalue weighted by Crippen LogP contribution is -2.49. The van der Waals surface area contributed by atoms with Crippen LogP contribution in [-0.4, -0.2) is 15.6 Å². The largest absolute Gasteiger partial charge is 0.480 e. The van der Waals surface area contributed by atoms with E-state index in [1.54, 1.807) is 0 Å². The third-order valence-corrected chi connectivity index (χ3v) is 5.92. The number of hydrogen-bond acceptors (Lipinski definition) is 1. The molecule has 20 heavy (non-hydrogen) atoms. The second kappa shape index (κ2) is 4.12. The van der Waals surface area contributed by atoms with Crippen LogP contribution in [-0.2, 0) is 16.8 Å². The van der Waals surface area contributed by atoms with Crippen LogP contribution in [0.4, 0.5) is 0 Å². The highest BCUT2D eigenvalue weighted by molar-refractivity contribution is 5.66. The fourth-order valence-electron chi connectivity index (χ4n) is 5.81. The van der Waals surface area contributed by atoms with E-state index in [0.29, 0.717) is 5.41 Å². The van der Waals surface area contributed by atoms with E-state index >= 15 is 0 Å². The minimum atomic E-state index is -0.730. The summed E-state index contributed by atoms with van der Waals surface area (Å²) >= 11 is 0. The predicted molar refractivity (Wildman–Crippen MR) is 76.7 cm³/mol. The molecular weight excluding hydrogens is 250 g/mol. The Labute approximate surface area is 120 Å². The molecule has 1 heterocycles. The molecule has 0 aliphatic heterocycles. The number of aliphatic carboxylic acids is 1. The van der Waals surface area contributed by atoms with Gasteiger partial charge in [-0.05, 0) is 74.8 Å². The van der Waals surface area contributed by atoms with Crippen molar-refractivity contribution in [2.45, 2.75) is 57.4 Å². The minimum Gasteiger partial charge on any atom is -0.480 e. The number of rotatable bonds is 3. The number of aryl methyl sites for hydroxylation is 1. The smallest absolute Gasteiger partial charge is 0.323 e. The number of carboxylic acids is 1. The van der Waals surface area contributed by atoms with Gasteiger partial charge < -0.3 is 9.67 Å². The first kappa shape index (κ1) is 12.5. The Kier molecular flexibility index (Phi) is 2.57. The first-order valence-electron chi connectivity index (χ1n) is 7.93. The maximum Gasteiger partial charge on any atom is 0.323 e. The van der Waals surface area contributed by atoms with Gasteiger partial charge in [0.15, 0.2) is 0 Å². The van der Waals surface area contributed by atoms with Gasteiger partial charge in [-0.25, -0.2) is 0 Å². The molecule has 108 valence electrons. The van der Waals surface area contributed by atoms with Crippen LogP contribution in [0.25, 0.3) is 0 Å². The zero-order chi connectivity index (χ0) is 13.9. The molecule has 1 N–H and O–H groups in total. The SMILES string of the molecule is Cc1cc(C23CC4CC(CC(C4)C2)C3)n(CC(=O)O)c1. The van der Waals surface area contributed by atoms with E-state index in [2.05, 4.69) is 13.0 Å². The van der Waals surface area contributed by atoms with Crippen molar-refractivity contribution in [1.29, 1.82) is 0 Å². The highest BCUT2D eigenvalue weighted by atomic mass is 16.4. The van der Waals surface area contributed by atoms with Gasteiger partial charge in [-0.1, -0.05) is 0 Å². The van der Waals surface area contributed by atoms with E-state index in [9.17, 15) is 4.79 Å². The van der Waals surface area contributed by atoms with Crippen molar-refractivity contribution in [1.82, 2.24) is 4.57 Å². The molecule has 0 radical (unpaired) electrons. The molecule has 4 bridgehead atoms. The molecule has 0 atom stereocenters. The first-order chi connectivity index (χ1) is 9.54. The van der Waals surface area contributed by atoms with Gasteiger partial charge in [-0.3, -0.25) is 4.79 Å². The topological polar surface area (TPSA) is 42.2 Å². The summed E-state index contributed by atoms with van der Waals surface area (Å²) in [4.78, 5) is 11.1. The molecule has 4 aliphatic carbocycles. The van der Waals surface area contributed by atoms with E-state index in [1.807, 2.05) is 10.8 Å². The predicted octanol–water partition coefficient (Wildman–Crippen LogP) is 3.35. The van der Waals surface area contributed by atoms with E-state index in [0.717, 1.165) is 17.8 Å². The Morgan fingerprint density at radius 2 is 1.80 bits per heavy atom. The fourth-order valence-corrected chi connectivity index (χ4v) is 5.81. The lowest BCUT2D eigenvalue weighted by Gasteiger charge is -2.57. The van der Waals surface area contributed by atoms with Crippen LogP contribution in [0.3, 0.4) is 0 Å². The van der Waals surface area contributed by atoms with Gasteiger partial charge in [-0.2, -0.15) is 0 Å². The molecule has 0 spiro atoms. The van der Waals surface area contributed by atoms with Gasteiger partial charge in [0.2, 0.25) is 0 Å². The second-order valence-electron chi connectivity index (χ2n) is 7.62. The van der Waals surface area contributed by atoms with Crippen LogP contribution in [0.2, 0.25) is 0 Å². The molecule has 0 amide bonds. The monoisotopic (exact) mass is 273 g/mol. The van der Waals surface area contributed by atoms with Crippen LogP contribution in [0, 0.1) is 24.7 Å². The maximum absolute atomic E-state index is 11.1. The van der Waals surface area contributed by atoms with Crippen molar-refractivity contribution >= 4 is 5.97 Å². The summed E-state index contributed by atoms with van der Waals surface area (Å²) in [6, 6.07) is 2.26. The summed E-state index contributed by atoms with van der Waals surface area (Å²) in [6.07, 6.45) is 10.2. The van der Waals surface area contributed by atoms with Gasteiger partial charge in [0.1, 0.15) is 6.54 Å². The molecule has 0 unspecified atom stereocenters.